The normalized spacial score (nSPS) is 33.6. The lowest BCUT2D eigenvalue weighted by Gasteiger charge is -2.40. The summed E-state index contributed by atoms with van der Waals surface area (Å²) in [5.41, 5.74) is -0.0822. The molecular weight excluding hydrogens is 178 g/mol. The van der Waals surface area contributed by atoms with Gasteiger partial charge in [0.05, 0.1) is 18.2 Å². The summed E-state index contributed by atoms with van der Waals surface area (Å²) < 4.78 is 5.64. The average Bonchev–Trinajstić information content (AvgIpc) is 2.49. The summed E-state index contributed by atoms with van der Waals surface area (Å²) in [6, 6.07) is 0.193. The van der Waals surface area contributed by atoms with Crippen molar-refractivity contribution in [2.24, 2.45) is 0 Å². The Balaban J connectivity index is 2.00. The zero-order chi connectivity index (χ0) is 10.2. The first-order valence-corrected chi connectivity index (χ1v) is 5.49. The Morgan fingerprint density at radius 1 is 1.50 bits per heavy atom. The van der Waals surface area contributed by atoms with Gasteiger partial charge < -0.3 is 4.74 Å². The number of Topliss-reactive ketones (excluding diaryl/α,β-unsaturated/α-hetero) is 1. The molecule has 2 aliphatic rings. The molecule has 2 fully saturated rings. The second-order valence-electron chi connectivity index (χ2n) is 4.95. The van der Waals surface area contributed by atoms with E-state index in [1.54, 1.807) is 0 Å². The molecule has 1 saturated heterocycles. The van der Waals surface area contributed by atoms with Crippen LogP contribution in [0.3, 0.4) is 0 Å². The van der Waals surface area contributed by atoms with Crippen LogP contribution in [-0.4, -0.2) is 42.0 Å². The second kappa shape index (κ2) is 3.63. The minimum Gasteiger partial charge on any atom is -0.373 e. The Morgan fingerprint density at radius 3 is 2.86 bits per heavy atom. The predicted octanol–water partition coefficient (Wildman–Crippen LogP) is 1.22. The molecule has 0 radical (unpaired) electrons. The average molecular weight is 197 g/mol. The molecule has 0 aromatic rings. The van der Waals surface area contributed by atoms with Gasteiger partial charge in [-0.1, -0.05) is 0 Å². The molecule has 1 saturated carbocycles. The van der Waals surface area contributed by atoms with E-state index in [4.69, 9.17) is 4.74 Å². The molecule has 0 amide bonds. The second-order valence-corrected chi connectivity index (χ2v) is 4.95. The molecule has 0 N–H and O–H groups in total. The van der Waals surface area contributed by atoms with Crippen LogP contribution in [-0.2, 0) is 9.53 Å². The number of ether oxygens (including phenoxy) is 1. The number of rotatable bonds is 1. The summed E-state index contributed by atoms with van der Waals surface area (Å²) in [7, 11) is 0. The molecule has 1 unspecified atom stereocenters. The number of nitrogens with zero attached hydrogens (tertiary/aromatic N) is 1. The van der Waals surface area contributed by atoms with E-state index in [0.29, 0.717) is 5.78 Å². The Labute approximate surface area is 85.4 Å². The lowest BCUT2D eigenvalue weighted by molar-refractivity contribution is -0.130. The molecule has 1 aliphatic carbocycles. The van der Waals surface area contributed by atoms with E-state index >= 15 is 0 Å². The van der Waals surface area contributed by atoms with Gasteiger partial charge in [0, 0.05) is 19.5 Å². The lowest BCUT2D eigenvalue weighted by Crippen LogP contribution is -2.53. The van der Waals surface area contributed by atoms with Crippen molar-refractivity contribution in [2.75, 3.05) is 19.7 Å². The van der Waals surface area contributed by atoms with Gasteiger partial charge in [-0.05, 0) is 26.7 Å². The summed E-state index contributed by atoms with van der Waals surface area (Å²) in [5.74, 6) is 0.433. The molecule has 14 heavy (non-hydrogen) atoms. The van der Waals surface area contributed by atoms with Gasteiger partial charge in [0.25, 0.3) is 0 Å². The first-order valence-electron chi connectivity index (χ1n) is 5.49. The van der Waals surface area contributed by atoms with Crippen molar-refractivity contribution in [2.45, 2.75) is 44.8 Å². The minimum atomic E-state index is -0.0822. The Hall–Kier alpha value is -0.410. The number of hydrogen-bond donors (Lipinski definition) is 0. The number of carbonyl (C=O) groups excluding carboxylic acids is 1. The SMILES string of the molecule is CC1(C)CN(C2CCCC2=O)CCO1. The molecule has 0 bridgehead atoms. The van der Waals surface area contributed by atoms with E-state index in [1.807, 2.05) is 0 Å². The molecule has 1 heterocycles. The van der Waals surface area contributed by atoms with E-state index in [0.717, 1.165) is 39.0 Å². The van der Waals surface area contributed by atoms with Gasteiger partial charge in [-0.3, -0.25) is 9.69 Å². The highest BCUT2D eigenvalue weighted by Crippen LogP contribution is 2.25. The zero-order valence-corrected chi connectivity index (χ0v) is 9.08. The van der Waals surface area contributed by atoms with Gasteiger partial charge in [0.15, 0.2) is 0 Å². The molecule has 80 valence electrons. The van der Waals surface area contributed by atoms with Gasteiger partial charge in [0.1, 0.15) is 5.78 Å². The fourth-order valence-corrected chi connectivity index (χ4v) is 2.50. The fourth-order valence-electron chi connectivity index (χ4n) is 2.50. The molecule has 3 nitrogen and oxygen atoms in total. The Kier molecular flexibility index (Phi) is 2.62. The van der Waals surface area contributed by atoms with Gasteiger partial charge >= 0.3 is 0 Å². The summed E-state index contributed by atoms with van der Waals surface area (Å²) in [6.07, 6.45) is 2.90. The summed E-state index contributed by atoms with van der Waals surface area (Å²) in [5, 5.41) is 0. The molecule has 3 heteroatoms. The first kappa shape index (κ1) is 10.1. The number of hydrogen-bond acceptors (Lipinski definition) is 3. The Morgan fingerprint density at radius 2 is 2.29 bits per heavy atom. The summed E-state index contributed by atoms with van der Waals surface area (Å²) in [6.45, 7) is 6.76. The smallest absolute Gasteiger partial charge is 0.149 e. The quantitative estimate of drug-likeness (QED) is 0.633. The zero-order valence-electron chi connectivity index (χ0n) is 9.08. The van der Waals surface area contributed by atoms with E-state index in [2.05, 4.69) is 18.7 Å². The van der Waals surface area contributed by atoms with Crippen molar-refractivity contribution in [3.8, 4) is 0 Å². The van der Waals surface area contributed by atoms with Crippen LogP contribution in [0.4, 0.5) is 0 Å². The highest BCUT2D eigenvalue weighted by Gasteiger charge is 2.36. The Bertz CT molecular complexity index is 237. The van der Waals surface area contributed by atoms with Crippen LogP contribution >= 0.6 is 0 Å². The summed E-state index contributed by atoms with van der Waals surface area (Å²) >= 11 is 0. The number of carbonyl (C=O) groups is 1. The topological polar surface area (TPSA) is 29.5 Å². The fraction of sp³-hybridized carbons (Fsp3) is 0.909. The van der Waals surface area contributed by atoms with Gasteiger partial charge in [0.2, 0.25) is 0 Å². The van der Waals surface area contributed by atoms with Crippen LogP contribution in [0.15, 0.2) is 0 Å². The molecule has 0 aromatic carbocycles. The van der Waals surface area contributed by atoms with Crippen molar-refractivity contribution < 1.29 is 9.53 Å². The predicted molar refractivity (Wildman–Crippen MR) is 54.3 cm³/mol. The van der Waals surface area contributed by atoms with Gasteiger partial charge in [-0.2, -0.15) is 0 Å². The van der Waals surface area contributed by atoms with Crippen molar-refractivity contribution >= 4 is 5.78 Å². The third kappa shape index (κ3) is 1.98. The maximum absolute atomic E-state index is 11.6. The molecule has 1 aliphatic heterocycles. The molecule has 2 rings (SSSR count). The highest BCUT2D eigenvalue weighted by molar-refractivity contribution is 5.85. The molecule has 1 atom stereocenters. The van der Waals surface area contributed by atoms with Crippen molar-refractivity contribution in [1.29, 1.82) is 0 Å². The third-order valence-electron chi connectivity index (χ3n) is 3.17. The van der Waals surface area contributed by atoms with E-state index in [9.17, 15) is 4.79 Å². The summed E-state index contributed by atoms with van der Waals surface area (Å²) in [4.78, 5) is 13.9. The van der Waals surface area contributed by atoms with Crippen LogP contribution in [0.5, 0.6) is 0 Å². The van der Waals surface area contributed by atoms with E-state index < -0.39 is 0 Å². The first-order chi connectivity index (χ1) is 6.58. The third-order valence-corrected chi connectivity index (χ3v) is 3.17. The van der Waals surface area contributed by atoms with Crippen LogP contribution in [0.1, 0.15) is 33.1 Å². The number of morpholine rings is 1. The molecular formula is C11H19NO2. The highest BCUT2D eigenvalue weighted by atomic mass is 16.5. The van der Waals surface area contributed by atoms with Crippen LogP contribution in [0.2, 0.25) is 0 Å². The molecule has 0 aromatic heterocycles. The maximum Gasteiger partial charge on any atom is 0.149 e. The van der Waals surface area contributed by atoms with Crippen LogP contribution in [0, 0.1) is 0 Å². The largest absolute Gasteiger partial charge is 0.373 e. The standard InChI is InChI=1S/C11H19NO2/c1-11(2)8-12(6-7-14-11)9-4-3-5-10(9)13/h9H,3-8H2,1-2H3. The monoisotopic (exact) mass is 197 g/mol. The van der Waals surface area contributed by atoms with E-state index in [1.165, 1.54) is 0 Å². The molecule has 0 spiro atoms. The van der Waals surface area contributed by atoms with Crippen molar-refractivity contribution in [3.05, 3.63) is 0 Å². The lowest BCUT2D eigenvalue weighted by atomic mass is 10.0. The minimum absolute atomic E-state index is 0.0822. The van der Waals surface area contributed by atoms with Crippen LogP contribution in [0.25, 0.3) is 0 Å². The van der Waals surface area contributed by atoms with Gasteiger partial charge in [-0.25, -0.2) is 0 Å². The van der Waals surface area contributed by atoms with Crippen molar-refractivity contribution in [1.82, 2.24) is 4.90 Å². The number of ketones is 1. The van der Waals surface area contributed by atoms with Crippen molar-refractivity contribution in [3.63, 3.8) is 0 Å². The maximum atomic E-state index is 11.6. The van der Waals surface area contributed by atoms with E-state index in [-0.39, 0.29) is 11.6 Å². The van der Waals surface area contributed by atoms with Gasteiger partial charge in [-0.15, -0.1) is 0 Å². The van der Waals surface area contributed by atoms with Crippen LogP contribution < -0.4 is 0 Å².